The molecule has 0 aliphatic carbocycles. The van der Waals surface area contributed by atoms with E-state index < -0.39 is 28.8 Å². The Labute approximate surface area is 143 Å². The summed E-state index contributed by atoms with van der Waals surface area (Å²) in [4.78, 5) is 12.2. The summed E-state index contributed by atoms with van der Waals surface area (Å²) in [6.45, 7) is 0. The highest BCUT2D eigenvalue weighted by Crippen LogP contribution is 2.33. The normalized spacial score (nSPS) is 11.0. The molecule has 21 heavy (non-hydrogen) atoms. The Balaban J connectivity index is 2.51. The van der Waals surface area contributed by atoms with Crippen molar-refractivity contribution in [3.8, 4) is 0 Å². The topological polar surface area (TPSA) is 17.1 Å². The largest absolute Gasteiger partial charge is 0.288 e. The minimum absolute atomic E-state index is 0.0869. The molecule has 0 aromatic heterocycles. The third-order valence-corrected chi connectivity index (χ3v) is 4.44. The summed E-state index contributed by atoms with van der Waals surface area (Å²) in [7, 11) is 0. The minimum atomic E-state index is -1.23. The number of halogens is 6. The number of benzene rings is 2. The molecular formula is C14H6Br3F3O. The van der Waals surface area contributed by atoms with Crippen LogP contribution in [-0.4, -0.2) is 5.78 Å². The lowest BCUT2D eigenvalue weighted by atomic mass is 10.0. The molecule has 0 saturated heterocycles. The second-order valence-electron chi connectivity index (χ2n) is 4.11. The van der Waals surface area contributed by atoms with Crippen LogP contribution in [0.15, 0.2) is 34.8 Å². The van der Waals surface area contributed by atoms with Crippen LogP contribution in [-0.2, 0) is 0 Å². The molecule has 0 N–H and O–H groups in total. The van der Waals surface area contributed by atoms with Gasteiger partial charge in [0, 0.05) is 22.2 Å². The fraction of sp³-hybridized carbons (Fsp3) is 0.0714. The third kappa shape index (κ3) is 3.57. The number of alkyl halides is 2. The van der Waals surface area contributed by atoms with Gasteiger partial charge in [-0.15, -0.1) is 0 Å². The van der Waals surface area contributed by atoms with Gasteiger partial charge in [0.2, 0.25) is 0 Å². The molecule has 0 spiro atoms. The van der Waals surface area contributed by atoms with Crippen LogP contribution in [0.1, 0.15) is 25.2 Å². The first-order chi connectivity index (χ1) is 9.81. The summed E-state index contributed by atoms with van der Waals surface area (Å²) in [6.07, 6.45) is 0. The van der Waals surface area contributed by atoms with Crippen molar-refractivity contribution in [2.75, 3.05) is 0 Å². The number of ketones is 1. The number of rotatable bonds is 3. The Morgan fingerprint density at radius 2 is 1.57 bits per heavy atom. The third-order valence-electron chi connectivity index (χ3n) is 2.72. The molecule has 2 rings (SSSR count). The Morgan fingerprint density at radius 3 is 2.05 bits per heavy atom. The summed E-state index contributed by atoms with van der Waals surface area (Å²) >= 11 is 9.80. The minimum Gasteiger partial charge on any atom is -0.288 e. The summed E-state index contributed by atoms with van der Waals surface area (Å²) in [6, 6.07) is 5.67. The van der Waals surface area contributed by atoms with Crippen LogP contribution in [0.4, 0.5) is 13.2 Å². The quantitative estimate of drug-likeness (QED) is 0.391. The van der Waals surface area contributed by atoms with Crippen LogP contribution in [0.2, 0.25) is 0 Å². The average molecular weight is 487 g/mol. The maximum Gasteiger partial charge on any atom is 0.200 e. The van der Waals surface area contributed by atoms with Crippen molar-refractivity contribution in [3.05, 3.63) is 68.9 Å². The van der Waals surface area contributed by atoms with Crippen LogP contribution < -0.4 is 0 Å². The van der Waals surface area contributed by atoms with Gasteiger partial charge in [-0.05, 0) is 17.7 Å². The number of hydrogen-bond donors (Lipinski definition) is 0. The van der Waals surface area contributed by atoms with Gasteiger partial charge in [-0.25, -0.2) is 13.2 Å². The maximum absolute atomic E-state index is 13.7. The highest BCUT2D eigenvalue weighted by molar-refractivity contribution is 9.24. The van der Waals surface area contributed by atoms with E-state index in [-0.39, 0.29) is 9.30 Å². The fourth-order valence-electron chi connectivity index (χ4n) is 1.75. The van der Waals surface area contributed by atoms with E-state index in [4.69, 9.17) is 0 Å². The Bertz CT molecular complexity index is 694. The van der Waals surface area contributed by atoms with Gasteiger partial charge in [0.15, 0.2) is 5.78 Å². The van der Waals surface area contributed by atoms with Crippen LogP contribution in [0.3, 0.4) is 0 Å². The zero-order valence-electron chi connectivity index (χ0n) is 10.1. The van der Waals surface area contributed by atoms with Gasteiger partial charge in [0.1, 0.15) is 17.5 Å². The molecule has 0 aliphatic rings. The van der Waals surface area contributed by atoms with E-state index in [1.54, 1.807) is 12.1 Å². The zero-order valence-corrected chi connectivity index (χ0v) is 14.9. The van der Waals surface area contributed by atoms with E-state index in [2.05, 4.69) is 47.8 Å². The molecule has 7 heteroatoms. The van der Waals surface area contributed by atoms with Gasteiger partial charge in [-0.2, -0.15) is 0 Å². The molecule has 2 aromatic rings. The molecule has 0 unspecified atom stereocenters. The van der Waals surface area contributed by atoms with E-state index in [1.165, 1.54) is 6.07 Å². The van der Waals surface area contributed by atoms with Gasteiger partial charge >= 0.3 is 0 Å². The second-order valence-corrected chi connectivity index (χ2v) is 8.03. The SMILES string of the molecule is O=C(c1ccc(C(Br)Br)cc1Br)c1c(F)cc(F)cc1F. The van der Waals surface area contributed by atoms with Gasteiger partial charge < -0.3 is 0 Å². The number of carbonyl (C=O) groups is 1. The first kappa shape index (κ1) is 16.7. The van der Waals surface area contributed by atoms with Crippen molar-refractivity contribution >= 4 is 53.6 Å². The first-order valence-corrected chi connectivity index (χ1v) is 8.20. The maximum atomic E-state index is 13.7. The monoisotopic (exact) mass is 484 g/mol. The molecule has 0 amide bonds. The molecule has 0 atom stereocenters. The molecule has 0 fully saturated rings. The summed E-state index contributed by atoms with van der Waals surface area (Å²) in [5, 5.41) is 0. The summed E-state index contributed by atoms with van der Waals surface area (Å²) in [5.74, 6) is -4.39. The molecule has 0 bridgehead atoms. The van der Waals surface area contributed by atoms with Crippen molar-refractivity contribution in [1.29, 1.82) is 0 Å². The van der Waals surface area contributed by atoms with E-state index >= 15 is 0 Å². The van der Waals surface area contributed by atoms with Crippen molar-refractivity contribution in [2.24, 2.45) is 0 Å². The molecule has 1 nitrogen and oxygen atoms in total. The Morgan fingerprint density at radius 1 is 1.00 bits per heavy atom. The summed E-state index contributed by atoms with van der Waals surface area (Å²) < 4.78 is 40.5. The van der Waals surface area contributed by atoms with Crippen LogP contribution >= 0.6 is 47.8 Å². The van der Waals surface area contributed by atoms with Crippen molar-refractivity contribution in [2.45, 2.75) is 3.74 Å². The van der Waals surface area contributed by atoms with Crippen molar-refractivity contribution < 1.29 is 18.0 Å². The Hall–Kier alpha value is -0.660. The van der Waals surface area contributed by atoms with Crippen LogP contribution in [0.25, 0.3) is 0 Å². The first-order valence-electron chi connectivity index (χ1n) is 5.58. The molecule has 0 radical (unpaired) electrons. The zero-order chi connectivity index (χ0) is 15.7. The second kappa shape index (κ2) is 6.62. The fourth-order valence-corrected chi connectivity index (χ4v) is 2.89. The van der Waals surface area contributed by atoms with E-state index in [0.717, 1.165) is 5.56 Å². The van der Waals surface area contributed by atoms with Gasteiger partial charge in [0.05, 0.1) is 9.30 Å². The van der Waals surface area contributed by atoms with E-state index in [1.807, 2.05) is 0 Å². The van der Waals surface area contributed by atoms with Gasteiger partial charge in [0.25, 0.3) is 0 Å². The number of hydrogen-bond acceptors (Lipinski definition) is 1. The predicted molar refractivity (Wildman–Crippen MR) is 84.5 cm³/mol. The average Bonchev–Trinajstić information content (AvgIpc) is 2.36. The standard InChI is InChI=1S/C14H6Br3F3O/c15-9-3-6(14(16)17)1-2-8(9)13(21)12-10(19)4-7(18)5-11(12)20/h1-5,14H. The van der Waals surface area contributed by atoms with Crippen molar-refractivity contribution in [3.63, 3.8) is 0 Å². The summed E-state index contributed by atoms with van der Waals surface area (Å²) in [5.41, 5.74) is 0.126. The van der Waals surface area contributed by atoms with E-state index in [0.29, 0.717) is 16.6 Å². The molecule has 0 saturated carbocycles. The molecule has 110 valence electrons. The molecule has 2 aromatic carbocycles. The molecule has 0 aliphatic heterocycles. The Kier molecular flexibility index (Phi) is 5.27. The van der Waals surface area contributed by atoms with Crippen LogP contribution in [0, 0.1) is 17.5 Å². The highest BCUT2D eigenvalue weighted by Gasteiger charge is 2.22. The molecule has 0 heterocycles. The lowest BCUT2D eigenvalue weighted by molar-refractivity contribution is 0.103. The smallest absolute Gasteiger partial charge is 0.200 e. The van der Waals surface area contributed by atoms with Crippen LogP contribution in [0.5, 0.6) is 0 Å². The molecular weight excluding hydrogens is 481 g/mol. The lowest BCUT2D eigenvalue weighted by Crippen LogP contribution is -2.09. The van der Waals surface area contributed by atoms with Gasteiger partial charge in [-0.3, -0.25) is 4.79 Å². The van der Waals surface area contributed by atoms with E-state index in [9.17, 15) is 18.0 Å². The van der Waals surface area contributed by atoms with Gasteiger partial charge in [-0.1, -0.05) is 53.9 Å². The predicted octanol–water partition coefficient (Wildman–Crippen LogP) is 5.89. The lowest BCUT2D eigenvalue weighted by Gasteiger charge is -2.09. The van der Waals surface area contributed by atoms with Crippen molar-refractivity contribution in [1.82, 2.24) is 0 Å². The highest BCUT2D eigenvalue weighted by atomic mass is 79.9. The number of carbonyl (C=O) groups excluding carboxylic acids is 1.